The molecule has 0 saturated carbocycles. The third-order valence-electron chi connectivity index (χ3n) is 2.62. The minimum atomic E-state index is 0.626. The van der Waals surface area contributed by atoms with Gasteiger partial charge in [0, 0.05) is 30.2 Å². The first-order valence-electron chi connectivity index (χ1n) is 5.25. The van der Waals surface area contributed by atoms with Crippen molar-refractivity contribution in [1.29, 1.82) is 0 Å². The molecule has 0 aromatic carbocycles. The Morgan fingerprint density at radius 1 is 1.40 bits per heavy atom. The first-order chi connectivity index (χ1) is 7.33. The third-order valence-corrected chi connectivity index (χ3v) is 3.56. The minimum Gasteiger partial charge on any atom is -0.383 e. The summed E-state index contributed by atoms with van der Waals surface area (Å²) in [6.07, 6.45) is 2.46. The molecule has 1 aliphatic heterocycles. The maximum Gasteiger partial charge on any atom is 0.137 e. The Balaban J connectivity index is 2.29. The van der Waals surface area contributed by atoms with E-state index < -0.39 is 0 Å². The monoisotopic (exact) mass is 224 g/mol. The SMILES string of the molecule is CCc1c(N)ncnc1N1CCSCC1. The van der Waals surface area contributed by atoms with Crippen LogP contribution in [0.2, 0.25) is 0 Å². The maximum atomic E-state index is 5.86. The Kier molecular flexibility index (Phi) is 3.30. The fraction of sp³-hybridized carbons (Fsp3) is 0.600. The van der Waals surface area contributed by atoms with Gasteiger partial charge in [-0.05, 0) is 6.42 Å². The van der Waals surface area contributed by atoms with Crippen LogP contribution in [0, 0.1) is 0 Å². The average molecular weight is 224 g/mol. The van der Waals surface area contributed by atoms with E-state index in [0.717, 1.165) is 30.9 Å². The van der Waals surface area contributed by atoms with Crippen LogP contribution in [0.3, 0.4) is 0 Å². The number of nitrogen functional groups attached to an aromatic ring is 1. The zero-order valence-electron chi connectivity index (χ0n) is 8.94. The lowest BCUT2D eigenvalue weighted by atomic mass is 10.2. The van der Waals surface area contributed by atoms with Crippen LogP contribution in [0.15, 0.2) is 6.33 Å². The van der Waals surface area contributed by atoms with Crippen LogP contribution in [0.4, 0.5) is 11.6 Å². The molecule has 0 bridgehead atoms. The van der Waals surface area contributed by atoms with E-state index >= 15 is 0 Å². The predicted octanol–water partition coefficient (Wildman–Crippen LogP) is 1.17. The number of nitrogens with two attached hydrogens (primary N) is 1. The molecular formula is C10H16N4S. The van der Waals surface area contributed by atoms with Gasteiger partial charge in [0.1, 0.15) is 18.0 Å². The Morgan fingerprint density at radius 2 is 2.13 bits per heavy atom. The maximum absolute atomic E-state index is 5.86. The summed E-state index contributed by atoms with van der Waals surface area (Å²) in [5.74, 6) is 4.01. The second kappa shape index (κ2) is 4.70. The lowest BCUT2D eigenvalue weighted by Gasteiger charge is -2.29. The molecule has 1 aromatic heterocycles. The summed E-state index contributed by atoms with van der Waals surface area (Å²) in [4.78, 5) is 10.7. The van der Waals surface area contributed by atoms with Crippen LogP contribution >= 0.6 is 11.8 Å². The molecule has 15 heavy (non-hydrogen) atoms. The second-order valence-electron chi connectivity index (χ2n) is 3.51. The van der Waals surface area contributed by atoms with Crippen molar-refractivity contribution in [3.8, 4) is 0 Å². The largest absolute Gasteiger partial charge is 0.383 e. The third kappa shape index (κ3) is 2.17. The normalized spacial score (nSPS) is 16.7. The van der Waals surface area contributed by atoms with Gasteiger partial charge in [-0.2, -0.15) is 11.8 Å². The molecule has 1 saturated heterocycles. The van der Waals surface area contributed by atoms with E-state index in [2.05, 4.69) is 21.8 Å². The number of thioether (sulfide) groups is 1. The van der Waals surface area contributed by atoms with Gasteiger partial charge < -0.3 is 10.6 Å². The van der Waals surface area contributed by atoms with E-state index in [9.17, 15) is 0 Å². The summed E-state index contributed by atoms with van der Waals surface area (Å²) >= 11 is 1.99. The van der Waals surface area contributed by atoms with Gasteiger partial charge in [-0.15, -0.1) is 0 Å². The van der Waals surface area contributed by atoms with Gasteiger partial charge in [0.2, 0.25) is 0 Å². The molecule has 0 spiro atoms. The molecule has 5 heteroatoms. The van der Waals surface area contributed by atoms with E-state index in [1.54, 1.807) is 6.33 Å². The van der Waals surface area contributed by atoms with Gasteiger partial charge in [0.25, 0.3) is 0 Å². The quantitative estimate of drug-likeness (QED) is 0.817. The lowest BCUT2D eigenvalue weighted by Crippen LogP contribution is -2.34. The standard InChI is InChI=1S/C10H16N4S/c1-2-8-9(11)12-7-13-10(8)14-3-5-15-6-4-14/h7H,2-6H2,1H3,(H2,11,12,13). The van der Waals surface area contributed by atoms with Gasteiger partial charge in [-0.25, -0.2) is 9.97 Å². The predicted molar refractivity (Wildman–Crippen MR) is 65.4 cm³/mol. The Morgan fingerprint density at radius 3 is 2.80 bits per heavy atom. The van der Waals surface area contributed by atoms with Crippen molar-refractivity contribution in [2.24, 2.45) is 0 Å². The molecular weight excluding hydrogens is 208 g/mol. The Bertz CT molecular complexity index is 336. The molecule has 0 unspecified atom stereocenters. The van der Waals surface area contributed by atoms with Crippen molar-refractivity contribution in [1.82, 2.24) is 9.97 Å². The van der Waals surface area contributed by atoms with Crippen LogP contribution in [-0.4, -0.2) is 34.6 Å². The minimum absolute atomic E-state index is 0.626. The van der Waals surface area contributed by atoms with E-state index in [-0.39, 0.29) is 0 Å². The van der Waals surface area contributed by atoms with Crippen molar-refractivity contribution in [3.63, 3.8) is 0 Å². The highest BCUT2D eigenvalue weighted by Gasteiger charge is 2.16. The van der Waals surface area contributed by atoms with Crippen LogP contribution < -0.4 is 10.6 Å². The topological polar surface area (TPSA) is 55.0 Å². The van der Waals surface area contributed by atoms with Gasteiger partial charge in [0.05, 0.1) is 0 Å². The molecule has 2 N–H and O–H groups in total. The van der Waals surface area contributed by atoms with Crippen LogP contribution in [0.25, 0.3) is 0 Å². The van der Waals surface area contributed by atoms with E-state index in [4.69, 9.17) is 5.73 Å². The second-order valence-corrected chi connectivity index (χ2v) is 4.74. The molecule has 0 atom stereocenters. The first-order valence-corrected chi connectivity index (χ1v) is 6.40. The highest BCUT2D eigenvalue weighted by atomic mass is 32.2. The number of hydrogen-bond acceptors (Lipinski definition) is 5. The summed E-state index contributed by atoms with van der Waals surface area (Å²) in [5, 5.41) is 0. The summed E-state index contributed by atoms with van der Waals surface area (Å²) < 4.78 is 0. The van der Waals surface area contributed by atoms with Crippen LogP contribution in [0.5, 0.6) is 0 Å². The molecule has 0 radical (unpaired) electrons. The summed E-state index contributed by atoms with van der Waals surface area (Å²) in [6, 6.07) is 0. The Hall–Kier alpha value is -0.970. The summed E-state index contributed by atoms with van der Waals surface area (Å²) in [7, 11) is 0. The highest BCUT2D eigenvalue weighted by molar-refractivity contribution is 7.99. The van der Waals surface area contributed by atoms with Crippen molar-refractivity contribution >= 4 is 23.4 Å². The van der Waals surface area contributed by atoms with E-state index in [1.807, 2.05) is 11.8 Å². The van der Waals surface area contributed by atoms with E-state index in [1.165, 1.54) is 11.5 Å². The smallest absolute Gasteiger partial charge is 0.137 e. The molecule has 0 aliphatic carbocycles. The van der Waals surface area contributed by atoms with Crippen molar-refractivity contribution in [2.75, 3.05) is 35.2 Å². The van der Waals surface area contributed by atoms with Gasteiger partial charge >= 0.3 is 0 Å². The number of nitrogens with zero attached hydrogens (tertiary/aromatic N) is 3. The summed E-state index contributed by atoms with van der Waals surface area (Å²) in [5.41, 5.74) is 6.94. The number of aromatic nitrogens is 2. The zero-order chi connectivity index (χ0) is 10.7. The Labute approximate surface area is 94.3 Å². The van der Waals surface area contributed by atoms with Crippen molar-refractivity contribution in [3.05, 3.63) is 11.9 Å². The fourth-order valence-electron chi connectivity index (χ4n) is 1.80. The summed E-state index contributed by atoms with van der Waals surface area (Å²) in [6.45, 7) is 4.22. The molecule has 1 fully saturated rings. The van der Waals surface area contributed by atoms with Crippen LogP contribution in [0.1, 0.15) is 12.5 Å². The first kappa shape index (κ1) is 10.5. The average Bonchev–Trinajstić information content (AvgIpc) is 2.30. The molecule has 1 aliphatic rings. The van der Waals surface area contributed by atoms with Crippen molar-refractivity contribution < 1.29 is 0 Å². The van der Waals surface area contributed by atoms with Crippen LogP contribution in [-0.2, 0) is 6.42 Å². The van der Waals surface area contributed by atoms with Gasteiger partial charge in [-0.3, -0.25) is 0 Å². The van der Waals surface area contributed by atoms with Gasteiger partial charge in [0.15, 0.2) is 0 Å². The molecule has 82 valence electrons. The lowest BCUT2D eigenvalue weighted by molar-refractivity contribution is 0.823. The number of rotatable bonds is 2. The number of hydrogen-bond donors (Lipinski definition) is 1. The zero-order valence-corrected chi connectivity index (χ0v) is 9.76. The molecule has 2 rings (SSSR count). The molecule has 1 aromatic rings. The number of anilines is 2. The fourth-order valence-corrected chi connectivity index (χ4v) is 2.71. The molecule has 2 heterocycles. The molecule has 0 amide bonds. The molecule has 4 nitrogen and oxygen atoms in total. The van der Waals surface area contributed by atoms with E-state index in [0.29, 0.717) is 5.82 Å². The van der Waals surface area contributed by atoms with Crippen molar-refractivity contribution in [2.45, 2.75) is 13.3 Å². The highest BCUT2D eigenvalue weighted by Crippen LogP contribution is 2.24. The van der Waals surface area contributed by atoms with Gasteiger partial charge in [-0.1, -0.05) is 6.92 Å².